The van der Waals surface area contributed by atoms with Gasteiger partial charge in [0.15, 0.2) is 0 Å². The van der Waals surface area contributed by atoms with Gasteiger partial charge in [-0.2, -0.15) is 0 Å². The van der Waals surface area contributed by atoms with E-state index in [9.17, 15) is 4.79 Å². The summed E-state index contributed by atoms with van der Waals surface area (Å²) in [7, 11) is 0. The zero-order chi connectivity index (χ0) is 14.5. The van der Waals surface area contributed by atoms with Crippen LogP contribution in [-0.2, 0) is 9.53 Å². The molecule has 2 heterocycles. The van der Waals surface area contributed by atoms with Crippen LogP contribution in [0.2, 0.25) is 0 Å². The quantitative estimate of drug-likeness (QED) is 0.933. The van der Waals surface area contributed by atoms with Gasteiger partial charge in [0, 0.05) is 30.8 Å². The van der Waals surface area contributed by atoms with Crippen LogP contribution >= 0.6 is 0 Å². The van der Waals surface area contributed by atoms with E-state index in [4.69, 9.17) is 9.47 Å². The number of nitrogens with one attached hydrogen (secondary N) is 1. The zero-order valence-corrected chi connectivity index (χ0v) is 11.4. The maximum absolute atomic E-state index is 12.0. The summed E-state index contributed by atoms with van der Waals surface area (Å²) in [6.07, 6.45) is 5.99. The van der Waals surface area contributed by atoms with Crippen molar-refractivity contribution in [1.82, 2.24) is 9.97 Å². The monoisotopic (exact) mass is 285 g/mol. The summed E-state index contributed by atoms with van der Waals surface area (Å²) in [4.78, 5) is 20.0. The molecule has 0 saturated carbocycles. The molecule has 6 nitrogen and oxygen atoms in total. The Labute approximate surface area is 122 Å². The largest absolute Gasteiger partial charge is 0.437 e. The first-order valence-corrected chi connectivity index (χ1v) is 6.78. The van der Waals surface area contributed by atoms with Gasteiger partial charge < -0.3 is 14.8 Å². The second-order valence-corrected chi connectivity index (χ2v) is 4.66. The van der Waals surface area contributed by atoms with Gasteiger partial charge in [0.2, 0.25) is 5.88 Å². The molecule has 1 atom stereocenters. The summed E-state index contributed by atoms with van der Waals surface area (Å²) in [6, 6.07) is 7.13. The van der Waals surface area contributed by atoms with Crippen molar-refractivity contribution in [2.75, 3.05) is 11.9 Å². The predicted octanol–water partition coefficient (Wildman–Crippen LogP) is 2.39. The molecule has 1 aliphatic heterocycles. The number of amides is 1. The molecule has 1 aromatic carbocycles. The van der Waals surface area contributed by atoms with Crippen LogP contribution in [0.25, 0.3) is 0 Å². The molecule has 0 spiro atoms. The molecule has 3 rings (SSSR count). The Morgan fingerprint density at radius 2 is 2.33 bits per heavy atom. The van der Waals surface area contributed by atoms with E-state index in [0.717, 1.165) is 12.8 Å². The first kappa shape index (κ1) is 13.5. The van der Waals surface area contributed by atoms with Crippen molar-refractivity contribution in [3.63, 3.8) is 0 Å². The molecular weight excluding hydrogens is 270 g/mol. The fourth-order valence-corrected chi connectivity index (χ4v) is 2.10. The van der Waals surface area contributed by atoms with E-state index in [-0.39, 0.29) is 12.0 Å². The lowest BCUT2D eigenvalue weighted by molar-refractivity contribution is -0.124. The Morgan fingerprint density at radius 3 is 3.10 bits per heavy atom. The highest BCUT2D eigenvalue weighted by molar-refractivity contribution is 5.94. The third-order valence-corrected chi connectivity index (χ3v) is 3.09. The first-order valence-electron chi connectivity index (χ1n) is 6.78. The van der Waals surface area contributed by atoms with Crippen LogP contribution < -0.4 is 10.1 Å². The molecule has 1 aliphatic rings. The van der Waals surface area contributed by atoms with Crippen molar-refractivity contribution in [2.45, 2.75) is 18.9 Å². The Morgan fingerprint density at radius 1 is 1.38 bits per heavy atom. The van der Waals surface area contributed by atoms with Crippen molar-refractivity contribution >= 4 is 11.6 Å². The molecule has 1 unspecified atom stereocenters. The van der Waals surface area contributed by atoms with Gasteiger partial charge in [-0.25, -0.2) is 4.98 Å². The highest BCUT2D eigenvalue weighted by Crippen LogP contribution is 2.23. The first-order chi connectivity index (χ1) is 10.3. The molecule has 6 heteroatoms. The Hall–Kier alpha value is -2.47. The third kappa shape index (κ3) is 3.55. The number of rotatable bonds is 4. The minimum atomic E-state index is -0.352. The topological polar surface area (TPSA) is 73.3 Å². The van der Waals surface area contributed by atoms with Crippen LogP contribution in [0, 0.1) is 0 Å². The Bertz CT molecular complexity index is 613. The smallest absolute Gasteiger partial charge is 0.253 e. The molecule has 0 aliphatic carbocycles. The number of benzene rings is 1. The van der Waals surface area contributed by atoms with E-state index < -0.39 is 0 Å². The van der Waals surface area contributed by atoms with Crippen LogP contribution in [0.5, 0.6) is 11.6 Å². The van der Waals surface area contributed by atoms with E-state index in [0.29, 0.717) is 23.9 Å². The lowest BCUT2D eigenvalue weighted by Gasteiger charge is -2.11. The van der Waals surface area contributed by atoms with Gasteiger partial charge in [-0.3, -0.25) is 9.78 Å². The lowest BCUT2D eigenvalue weighted by Crippen LogP contribution is -2.26. The molecule has 108 valence electrons. The summed E-state index contributed by atoms with van der Waals surface area (Å²) < 4.78 is 10.9. The van der Waals surface area contributed by atoms with Crippen LogP contribution in [-0.4, -0.2) is 28.6 Å². The second kappa shape index (κ2) is 6.32. The summed E-state index contributed by atoms with van der Waals surface area (Å²) in [5.74, 6) is 0.866. The SMILES string of the molecule is O=C(Nc1cccc(Oc2cnccn2)c1)C1CCCO1. The molecule has 0 bridgehead atoms. The van der Waals surface area contributed by atoms with Gasteiger partial charge in [0.05, 0.1) is 6.20 Å². The summed E-state index contributed by atoms with van der Waals surface area (Å²) in [6.45, 7) is 0.647. The van der Waals surface area contributed by atoms with Crippen molar-refractivity contribution in [2.24, 2.45) is 0 Å². The van der Waals surface area contributed by atoms with Crippen molar-refractivity contribution < 1.29 is 14.3 Å². The van der Waals surface area contributed by atoms with Gasteiger partial charge in [-0.1, -0.05) is 6.07 Å². The van der Waals surface area contributed by atoms with Crippen LogP contribution in [0.1, 0.15) is 12.8 Å². The lowest BCUT2D eigenvalue weighted by atomic mass is 10.2. The molecule has 1 amide bonds. The van der Waals surface area contributed by atoms with E-state index in [2.05, 4.69) is 15.3 Å². The van der Waals surface area contributed by atoms with E-state index in [1.165, 1.54) is 6.20 Å². The van der Waals surface area contributed by atoms with Crippen LogP contribution in [0.4, 0.5) is 5.69 Å². The van der Waals surface area contributed by atoms with Gasteiger partial charge >= 0.3 is 0 Å². The average Bonchev–Trinajstić information content (AvgIpc) is 3.03. The summed E-state index contributed by atoms with van der Waals surface area (Å²) in [5, 5.41) is 2.83. The minimum Gasteiger partial charge on any atom is -0.437 e. The summed E-state index contributed by atoms with van der Waals surface area (Å²) in [5.41, 5.74) is 0.664. The Balaban J connectivity index is 1.66. The molecule has 0 radical (unpaired) electrons. The standard InChI is InChI=1S/C15H15N3O3/c19-15(13-5-2-8-20-13)18-11-3-1-4-12(9-11)21-14-10-16-6-7-17-14/h1,3-4,6-7,9-10,13H,2,5,8H2,(H,18,19). The number of nitrogens with zero attached hydrogens (tertiary/aromatic N) is 2. The zero-order valence-electron chi connectivity index (χ0n) is 11.4. The fourth-order valence-electron chi connectivity index (χ4n) is 2.10. The predicted molar refractivity (Wildman–Crippen MR) is 76.2 cm³/mol. The fraction of sp³-hybridized carbons (Fsp3) is 0.267. The second-order valence-electron chi connectivity index (χ2n) is 4.66. The number of aromatic nitrogens is 2. The molecule has 2 aromatic rings. The highest BCUT2D eigenvalue weighted by atomic mass is 16.5. The Kier molecular flexibility index (Phi) is 4.07. The van der Waals surface area contributed by atoms with Gasteiger partial charge in [0.25, 0.3) is 5.91 Å². The minimum absolute atomic E-state index is 0.121. The van der Waals surface area contributed by atoms with E-state index in [1.807, 2.05) is 0 Å². The molecule has 21 heavy (non-hydrogen) atoms. The van der Waals surface area contributed by atoms with Gasteiger partial charge in [-0.15, -0.1) is 0 Å². The molecule has 1 fully saturated rings. The van der Waals surface area contributed by atoms with Crippen molar-refractivity contribution in [3.8, 4) is 11.6 Å². The average molecular weight is 285 g/mol. The highest BCUT2D eigenvalue weighted by Gasteiger charge is 2.23. The molecule has 1 saturated heterocycles. The van der Waals surface area contributed by atoms with Crippen molar-refractivity contribution in [1.29, 1.82) is 0 Å². The number of ether oxygens (including phenoxy) is 2. The van der Waals surface area contributed by atoms with E-state index in [1.54, 1.807) is 36.7 Å². The number of carbonyl (C=O) groups excluding carboxylic acids is 1. The van der Waals surface area contributed by atoms with E-state index >= 15 is 0 Å². The number of carbonyl (C=O) groups is 1. The van der Waals surface area contributed by atoms with Gasteiger partial charge in [-0.05, 0) is 25.0 Å². The normalized spacial score (nSPS) is 17.4. The van der Waals surface area contributed by atoms with Crippen LogP contribution in [0.15, 0.2) is 42.9 Å². The maximum Gasteiger partial charge on any atom is 0.253 e. The van der Waals surface area contributed by atoms with Gasteiger partial charge in [0.1, 0.15) is 11.9 Å². The molecular formula is C15H15N3O3. The number of hydrogen-bond acceptors (Lipinski definition) is 5. The number of hydrogen-bond donors (Lipinski definition) is 1. The van der Waals surface area contributed by atoms with Crippen LogP contribution in [0.3, 0.4) is 0 Å². The molecule has 1 N–H and O–H groups in total. The third-order valence-electron chi connectivity index (χ3n) is 3.09. The summed E-state index contributed by atoms with van der Waals surface area (Å²) >= 11 is 0. The number of anilines is 1. The van der Waals surface area contributed by atoms with Crippen molar-refractivity contribution in [3.05, 3.63) is 42.9 Å². The molecule has 1 aromatic heterocycles. The maximum atomic E-state index is 12.0.